The van der Waals surface area contributed by atoms with Crippen LogP contribution in [0, 0.1) is 17.2 Å². The molecule has 0 unspecified atom stereocenters. The molecule has 0 atom stereocenters. The number of likely N-dealkylation sites (N-methyl/N-ethyl adjacent to an activating group) is 1. The normalized spacial score (nSPS) is 16.9. The van der Waals surface area contributed by atoms with Gasteiger partial charge in [-0.3, -0.25) is 9.69 Å². The lowest BCUT2D eigenvalue weighted by Crippen LogP contribution is -2.37. The van der Waals surface area contributed by atoms with Gasteiger partial charge >= 0.3 is 0 Å². The van der Waals surface area contributed by atoms with Crippen molar-refractivity contribution in [3.05, 3.63) is 35.4 Å². The van der Waals surface area contributed by atoms with E-state index in [0.717, 1.165) is 19.6 Å². The molecule has 1 fully saturated rings. The molecular weight excluding hydrogens is 262 g/mol. The van der Waals surface area contributed by atoms with E-state index in [9.17, 15) is 4.79 Å². The Labute approximate surface area is 127 Å². The van der Waals surface area contributed by atoms with Crippen LogP contribution < -0.4 is 0 Å². The highest BCUT2D eigenvalue weighted by Gasteiger charge is 2.19. The van der Waals surface area contributed by atoms with Crippen molar-refractivity contribution in [2.24, 2.45) is 5.92 Å². The maximum Gasteiger partial charge on any atom is 0.176 e. The molecule has 4 nitrogen and oxygen atoms in total. The molecule has 0 amide bonds. The van der Waals surface area contributed by atoms with Gasteiger partial charge in [0.25, 0.3) is 0 Å². The van der Waals surface area contributed by atoms with Gasteiger partial charge in [-0.05, 0) is 58.1 Å². The van der Waals surface area contributed by atoms with Crippen LogP contribution in [0.15, 0.2) is 24.3 Å². The topological polar surface area (TPSA) is 47.3 Å². The second-order valence-corrected chi connectivity index (χ2v) is 6.06. The number of carbonyl (C=O) groups excluding carboxylic acids is 1. The maximum atomic E-state index is 12.2. The van der Waals surface area contributed by atoms with Gasteiger partial charge in [0, 0.05) is 12.1 Å². The van der Waals surface area contributed by atoms with Crippen molar-refractivity contribution in [2.45, 2.75) is 12.8 Å². The maximum absolute atomic E-state index is 12.2. The SMILES string of the molecule is CN1CCC(CN(C)CC(=O)c2ccc(C#N)cc2)CC1. The summed E-state index contributed by atoms with van der Waals surface area (Å²) >= 11 is 0. The van der Waals surface area contributed by atoms with Gasteiger partial charge in [0.1, 0.15) is 0 Å². The molecule has 4 heteroatoms. The standard InChI is InChI=1S/C17H23N3O/c1-19-9-7-15(8-10-19)12-20(2)13-17(21)16-5-3-14(11-18)4-6-16/h3-6,15H,7-10,12-13H2,1-2H3. The zero-order valence-electron chi connectivity index (χ0n) is 12.9. The van der Waals surface area contributed by atoms with E-state index in [-0.39, 0.29) is 5.78 Å². The Balaban J connectivity index is 1.82. The van der Waals surface area contributed by atoms with Gasteiger partial charge in [0.15, 0.2) is 5.78 Å². The summed E-state index contributed by atoms with van der Waals surface area (Å²) in [6, 6.07) is 8.94. The summed E-state index contributed by atoms with van der Waals surface area (Å²) < 4.78 is 0. The van der Waals surface area contributed by atoms with Gasteiger partial charge in [-0.25, -0.2) is 0 Å². The molecule has 1 aromatic rings. The monoisotopic (exact) mass is 285 g/mol. The Hall–Kier alpha value is -1.70. The van der Waals surface area contributed by atoms with Crippen molar-refractivity contribution in [1.29, 1.82) is 5.26 Å². The molecule has 1 aliphatic heterocycles. The molecule has 2 rings (SSSR count). The smallest absolute Gasteiger partial charge is 0.176 e. The highest BCUT2D eigenvalue weighted by Crippen LogP contribution is 2.17. The Morgan fingerprint density at radius 1 is 1.33 bits per heavy atom. The van der Waals surface area contributed by atoms with Crippen LogP contribution in [0.2, 0.25) is 0 Å². The zero-order chi connectivity index (χ0) is 15.2. The number of nitriles is 1. The molecule has 1 aliphatic rings. The first kappa shape index (κ1) is 15.7. The fraction of sp³-hybridized carbons (Fsp3) is 0.529. The number of hydrogen-bond donors (Lipinski definition) is 0. The Morgan fingerprint density at radius 2 is 1.95 bits per heavy atom. The van der Waals surface area contributed by atoms with Gasteiger partial charge in [-0.2, -0.15) is 5.26 Å². The van der Waals surface area contributed by atoms with Gasteiger partial charge in [0.2, 0.25) is 0 Å². The number of ketones is 1. The predicted molar refractivity (Wildman–Crippen MR) is 83.2 cm³/mol. The van der Waals surface area contributed by atoms with E-state index in [1.807, 2.05) is 7.05 Å². The number of piperidine rings is 1. The van der Waals surface area contributed by atoms with Gasteiger partial charge in [0.05, 0.1) is 18.2 Å². The number of rotatable bonds is 5. The lowest BCUT2D eigenvalue weighted by atomic mass is 9.96. The molecule has 0 saturated carbocycles. The van der Waals surface area contributed by atoms with E-state index in [1.54, 1.807) is 24.3 Å². The quantitative estimate of drug-likeness (QED) is 0.777. The summed E-state index contributed by atoms with van der Waals surface area (Å²) in [7, 11) is 4.17. The van der Waals surface area contributed by atoms with Crippen molar-refractivity contribution in [1.82, 2.24) is 9.80 Å². The van der Waals surface area contributed by atoms with Crippen LogP contribution >= 0.6 is 0 Å². The minimum absolute atomic E-state index is 0.120. The van der Waals surface area contributed by atoms with Gasteiger partial charge < -0.3 is 4.90 Å². The van der Waals surface area contributed by atoms with Crippen LogP contribution in [0.3, 0.4) is 0 Å². The third-order valence-electron chi connectivity index (χ3n) is 4.16. The minimum atomic E-state index is 0.120. The largest absolute Gasteiger partial charge is 0.306 e. The van der Waals surface area contributed by atoms with E-state index in [2.05, 4.69) is 22.9 Å². The molecular formula is C17H23N3O. The lowest BCUT2D eigenvalue weighted by Gasteiger charge is -2.31. The molecule has 1 aromatic carbocycles. The number of hydrogen-bond acceptors (Lipinski definition) is 4. The molecule has 1 heterocycles. The zero-order valence-corrected chi connectivity index (χ0v) is 12.9. The molecule has 0 aromatic heterocycles. The molecule has 0 bridgehead atoms. The van der Waals surface area contributed by atoms with Crippen LogP contribution in [0.4, 0.5) is 0 Å². The fourth-order valence-corrected chi connectivity index (χ4v) is 2.82. The average molecular weight is 285 g/mol. The van der Waals surface area contributed by atoms with E-state index in [4.69, 9.17) is 5.26 Å². The van der Waals surface area contributed by atoms with Crippen LogP contribution in [0.1, 0.15) is 28.8 Å². The molecule has 0 aliphatic carbocycles. The number of nitrogens with zero attached hydrogens (tertiary/aromatic N) is 3. The van der Waals surface area contributed by atoms with Gasteiger partial charge in [-0.15, -0.1) is 0 Å². The number of carbonyl (C=O) groups is 1. The Bertz CT molecular complexity index is 510. The third kappa shape index (κ3) is 4.66. The predicted octanol–water partition coefficient (Wildman–Crippen LogP) is 2.01. The average Bonchev–Trinajstić information content (AvgIpc) is 2.49. The molecule has 1 saturated heterocycles. The first-order chi connectivity index (χ1) is 10.1. The number of Topliss-reactive ketones (excluding diaryl/α,β-unsaturated/α-hetero) is 1. The van der Waals surface area contributed by atoms with Gasteiger partial charge in [-0.1, -0.05) is 12.1 Å². The van der Waals surface area contributed by atoms with Crippen molar-refractivity contribution >= 4 is 5.78 Å². The number of likely N-dealkylation sites (tertiary alicyclic amines) is 1. The van der Waals surface area contributed by atoms with E-state index < -0.39 is 0 Å². The van der Waals surface area contributed by atoms with E-state index >= 15 is 0 Å². The minimum Gasteiger partial charge on any atom is -0.306 e. The van der Waals surface area contributed by atoms with Crippen LogP contribution in [-0.2, 0) is 0 Å². The number of benzene rings is 1. The van der Waals surface area contributed by atoms with E-state index in [1.165, 1.54) is 12.8 Å². The molecule has 112 valence electrons. The first-order valence-corrected chi connectivity index (χ1v) is 7.49. The summed E-state index contributed by atoms with van der Waals surface area (Å²) in [5.74, 6) is 0.815. The summed E-state index contributed by atoms with van der Waals surface area (Å²) in [6.07, 6.45) is 2.43. The summed E-state index contributed by atoms with van der Waals surface area (Å²) in [5, 5.41) is 8.77. The molecule has 0 N–H and O–H groups in total. The van der Waals surface area contributed by atoms with Crippen LogP contribution in [0.25, 0.3) is 0 Å². The van der Waals surface area contributed by atoms with Crippen molar-refractivity contribution in [3.63, 3.8) is 0 Å². The van der Waals surface area contributed by atoms with Crippen molar-refractivity contribution in [3.8, 4) is 6.07 Å². The van der Waals surface area contributed by atoms with Crippen LogP contribution in [-0.4, -0.2) is 55.9 Å². The molecule has 0 spiro atoms. The second-order valence-electron chi connectivity index (χ2n) is 6.06. The highest BCUT2D eigenvalue weighted by molar-refractivity contribution is 5.97. The second kappa shape index (κ2) is 7.35. The van der Waals surface area contributed by atoms with Crippen molar-refractivity contribution in [2.75, 3.05) is 40.3 Å². The molecule has 21 heavy (non-hydrogen) atoms. The highest BCUT2D eigenvalue weighted by atomic mass is 16.1. The summed E-state index contributed by atoms with van der Waals surface area (Å²) in [6.45, 7) is 3.73. The Morgan fingerprint density at radius 3 is 2.52 bits per heavy atom. The fourth-order valence-electron chi connectivity index (χ4n) is 2.82. The third-order valence-corrected chi connectivity index (χ3v) is 4.16. The summed E-state index contributed by atoms with van der Waals surface area (Å²) in [4.78, 5) is 16.7. The summed E-state index contributed by atoms with van der Waals surface area (Å²) in [5.41, 5.74) is 1.27. The lowest BCUT2D eigenvalue weighted by molar-refractivity contribution is 0.0925. The van der Waals surface area contributed by atoms with Crippen molar-refractivity contribution < 1.29 is 4.79 Å². The first-order valence-electron chi connectivity index (χ1n) is 7.49. The Kier molecular flexibility index (Phi) is 5.49. The van der Waals surface area contributed by atoms with Crippen LogP contribution in [0.5, 0.6) is 0 Å². The van der Waals surface area contributed by atoms with E-state index in [0.29, 0.717) is 23.6 Å². The molecule has 0 radical (unpaired) electrons.